The van der Waals surface area contributed by atoms with Gasteiger partial charge in [-0.2, -0.15) is 0 Å². The molecule has 1 aromatic rings. The molecule has 1 aliphatic heterocycles. The summed E-state index contributed by atoms with van der Waals surface area (Å²) < 4.78 is 0. The molecule has 0 aromatic carbocycles. The van der Waals surface area contributed by atoms with Crippen molar-refractivity contribution in [2.24, 2.45) is 0 Å². The largest absolute Gasteiger partial charge is 0.478 e. The predicted molar refractivity (Wildman–Crippen MR) is 75.5 cm³/mol. The van der Waals surface area contributed by atoms with Gasteiger partial charge in [0.15, 0.2) is 0 Å². The van der Waals surface area contributed by atoms with Gasteiger partial charge >= 0.3 is 5.97 Å². The van der Waals surface area contributed by atoms with Gasteiger partial charge in [-0.05, 0) is 6.92 Å². The summed E-state index contributed by atoms with van der Waals surface area (Å²) in [7, 11) is 0. The highest BCUT2D eigenvalue weighted by atomic mass is 32.1. The number of rotatable bonds is 4. The van der Waals surface area contributed by atoms with Crippen LogP contribution in [0.1, 0.15) is 10.7 Å². The Labute approximate surface area is 121 Å². The molecule has 108 valence electrons. The molecule has 2 rings (SSSR count). The first-order valence-electron chi connectivity index (χ1n) is 6.38. The van der Waals surface area contributed by atoms with Crippen LogP contribution >= 0.6 is 11.3 Å². The number of piperazine rings is 1. The maximum Gasteiger partial charge on any atom is 0.328 e. The van der Waals surface area contributed by atoms with E-state index in [4.69, 9.17) is 5.11 Å². The molecule has 1 aliphatic rings. The molecule has 0 bridgehead atoms. The van der Waals surface area contributed by atoms with Crippen LogP contribution in [-0.4, -0.2) is 57.9 Å². The van der Waals surface area contributed by atoms with Gasteiger partial charge in [-0.1, -0.05) is 0 Å². The molecule has 20 heavy (non-hydrogen) atoms. The lowest BCUT2D eigenvalue weighted by molar-refractivity contribution is -0.132. The molecule has 0 radical (unpaired) electrons. The Hall–Kier alpha value is -1.73. The minimum Gasteiger partial charge on any atom is -0.478 e. The third kappa shape index (κ3) is 4.14. The minimum atomic E-state index is -1.10. The highest BCUT2D eigenvalue weighted by Gasteiger charge is 2.20. The number of thiazole rings is 1. The number of hydrogen-bond donors (Lipinski definition) is 1. The first-order chi connectivity index (χ1) is 9.54. The van der Waals surface area contributed by atoms with Crippen molar-refractivity contribution in [3.8, 4) is 0 Å². The molecule has 1 saturated heterocycles. The number of hydrogen-bond acceptors (Lipinski definition) is 5. The van der Waals surface area contributed by atoms with E-state index in [0.717, 1.165) is 42.5 Å². The van der Waals surface area contributed by atoms with Crippen molar-refractivity contribution in [2.75, 3.05) is 26.2 Å². The zero-order chi connectivity index (χ0) is 14.5. The van der Waals surface area contributed by atoms with E-state index in [9.17, 15) is 9.59 Å². The van der Waals surface area contributed by atoms with Crippen LogP contribution in [0.15, 0.2) is 17.5 Å². The number of aliphatic carboxylic acids is 1. The van der Waals surface area contributed by atoms with Crippen LogP contribution < -0.4 is 0 Å². The van der Waals surface area contributed by atoms with E-state index in [1.165, 1.54) is 0 Å². The van der Waals surface area contributed by atoms with Crippen LogP contribution in [0.5, 0.6) is 0 Å². The van der Waals surface area contributed by atoms with E-state index >= 15 is 0 Å². The molecule has 6 nitrogen and oxygen atoms in total. The van der Waals surface area contributed by atoms with Crippen LogP contribution in [0.3, 0.4) is 0 Å². The summed E-state index contributed by atoms with van der Waals surface area (Å²) >= 11 is 1.64. The van der Waals surface area contributed by atoms with Crippen molar-refractivity contribution in [1.29, 1.82) is 0 Å². The topological polar surface area (TPSA) is 73.7 Å². The first kappa shape index (κ1) is 14.7. The van der Waals surface area contributed by atoms with E-state index in [2.05, 4.69) is 15.3 Å². The van der Waals surface area contributed by atoms with Crippen molar-refractivity contribution >= 4 is 23.2 Å². The number of carboxylic acid groups (broad SMARTS) is 1. The molecule has 0 aliphatic carbocycles. The van der Waals surface area contributed by atoms with E-state index < -0.39 is 5.97 Å². The molecule has 1 fully saturated rings. The number of carboxylic acids is 1. The lowest BCUT2D eigenvalue weighted by Crippen LogP contribution is -2.47. The summed E-state index contributed by atoms with van der Waals surface area (Å²) in [6.45, 7) is 5.58. The molecular weight excluding hydrogens is 278 g/mol. The molecule has 0 saturated carbocycles. The van der Waals surface area contributed by atoms with Crippen molar-refractivity contribution in [2.45, 2.75) is 13.5 Å². The summed E-state index contributed by atoms with van der Waals surface area (Å²) in [5.41, 5.74) is 1.07. The lowest BCUT2D eigenvalue weighted by atomic mass is 10.3. The SMILES string of the molecule is Cc1nc(CN2CCN(C(=O)/C=C/C(=O)O)CC2)cs1. The summed E-state index contributed by atoms with van der Waals surface area (Å²) in [6.07, 6.45) is 1.99. The van der Waals surface area contributed by atoms with Gasteiger partial charge < -0.3 is 10.0 Å². The fourth-order valence-corrected chi connectivity index (χ4v) is 2.69. The van der Waals surface area contributed by atoms with Gasteiger partial charge in [0.05, 0.1) is 10.7 Å². The Morgan fingerprint density at radius 2 is 2.05 bits per heavy atom. The van der Waals surface area contributed by atoms with Crippen molar-refractivity contribution in [3.05, 3.63) is 28.2 Å². The van der Waals surface area contributed by atoms with Crippen LogP contribution in [0.25, 0.3) is 0 Å². The maximum absolute atomic E-state index is 11.7. The number of aromatic nitrogens is 1. The van der Waals surface area contributed by atoms with Crippen LogP contribution in [0, 0.1) is 6.92 Å². The summed E-state index contributed by atoms with van der Waals surface area (Å²) in [4.78, 5) is 30.4. The first-order valence-corrected chi connectivity index (χ1v) is 7.26. The Balaban J connectivity index is 1.80. The van der Waals surface area contributed by atoms with Gasteiger partial charge in [-0.25, -0.2) is 9.78 Å². The highest BCUT2D eigenvalue weighted by Crippen LogP contribution is 2.12. The van der Waals surface area contributed by atoms with Gasteiger partial charge in [0, 0.05) is 50.3 Å². The summed E-state index contributed by atoms with van der Waals surface area (Å²) in [5.74, 6) is -1.34. The Kier molecular flexibility index (Phi) is 4.86. The van der Waals surface area contributed by atoms with Gasteiger partial charge in [0.1, 0.15) is 0 Å². The quantitative estimate of drug-likeness (QED) is 0.829. The fraction of sp³-hybridized carbons (Fsp3) is 0.462. The number of nitrogens with zero attached hydrogens (tertiary/aromatic N) is 3. The van der Waals surface area contributed by atoms with Gasteiger partial charge in [0.25, 0.3) is 0 Å². The Morgan fingerprint density at radius 3 is 2.60 bits per heavy atom. The Bertz CT molecular complexity index is 519. The summed E-state index contributed by atoms with van der Waals surface area (Å²) in [6, 6.07) is 0. The van der Waals surface area contributed by atoms with Crippen LogP contribution in [0.2, 0.25) is 0 Å². The molecule has 7 heteroatoms. The van der Waals surface area contributed by atoms with Crippen molar-refractivity contribution in [1.82, 2.24) is 14.8 Å². The maximum atomic E-state index is 11.7. The van der Waals surface area contributed by atoms with Crippen LogP contribution in [-0.2, 0) is 16.1 Å². The third-order valence-electron chi connectivity index (χ3n) is 3.10. The monoisotopic (exact) mass is 295 g/mol. The number of amides is 1. The number of carbonyl (C=O) groups excluding carboxylic acids is 1. The van der Waals surface area contributed by atoms with E-state index in [1.807, 2.05) is 6.92 Å². The smallest absolute Gasteiger partial charge is 0.328 e. The number of carbonyl (C=O) groups is 2. The molecule has 1 N–H and O–H groups in total. The average Bonchev–Trinajstić information content (AvgIpc) is 2.82. The molecule has 0 unspecified atom stereocenters. The van der Waals surface area contributed by atoms with Crippen LogP contribution in [0.4, 0.5) is 0 Å². The van der Waals surface area contributed by atoms with E-state index in [1.54, 1.807) is 16.2 Å². The van der Waals surface area contributed by atoms with E-state index in [0.29, 0.717) is 13.1 Å². The van der Waals surface area contributed by atoms with Gasteiger partial charge in [-0.15, -0.1) is 11.3 Å². The van der Waals surface area contributed by atoms with E-state index in [-0.39, 0.29) is 5.91 Å². The second kappa shape index (κ2) is 6.62. The standard InChI is InChI=1S/C13H17N3O3S/c1-10-14-11(9-20-10)8-15-4-6-16(7-5-15)12(17)2-3-13(18)19/h2-3,9H,4-8H2,1H3,(H,18,19)/b3-2+. The zero-order valence-corrected chi connectivity index (χ0v) is 12.1. The van der Waals surface area contributed by atoms with Gasteiger partial charge in [0.2, 0.25) is 5.91 Å². The zero-order valence-electron chi connectivity index (χ0n) is 11.3. The lowest BCUT2D eigenvalue weighted by Gasteiger charge is -2.33. The second-order valence-corrected chi connectivity index (χ2v) is 5.69. The molecule has 1 aromatic heterocycles. The third-order valence-corrected chi connectivity index (χ3v) is 3.93. The molecule has 1 amide bonds. The fourth-order valence-electron chi connectivity index (χ4n) is 2.08. The minimum absolute atomic E-state index is 0.239. The van der Waals surface area contributed by atoms with Gasteiger partial charge in [-0.3, -0.25) is 9.69 Å². The molecule has 2 heterocycles. The molecule has 0 spiro atoms. The molecular formula is C13H17N3O3S. The average molecular weight is 295 g/mol. The second-order valence-electron chi connectivity index (χ2n) is 4.63. The van der Waals surface area contributed by atoms with Crippen molar-refractivity contribution < 1.29 is 14.7 Å². The normalized spacial score (nSPS) is 16.8. The predicted octanol–water partition coefficient (Wildman–Crippen LogP) is 0.737. The highest BCUT2D eigenvalue weighted by molar-refractivity contribution is 7.09. The Morgan fingerprint density at radius 1 is 1.35 bits per heavy atom. The van der Waals surface area contributed by atoms with Crippen molar-refractivity contribution in [3.63, 3.8) is 0 Å². The molecule has 0 atom stereocenters. The summed E-state index contributed by atoms with van der Waals surface area (Å²) in [5, 5.41) is 11.6. The number of aryl methyl sites for hydroxylation is 1.